The van der Waals surface area contributed by atoms with Gasteiger partial charge in [0, 0.05) is 12.7 Å². The Morgan fingerprint density at radius 1 is 1.40 bits per heavy atom. The van der Waals surface area contributed by atoms with Crippen molar-refractivity contribution in [3.05, 3.63) is 46.1 Å². The third kappa shape index (κ3) is 1.91. The van der Waals surface area contributed by atoms with Crippen LogP contribution >= 0.6 is 0 Å². The highest BCUT2D eigenvalue weighted by Crippen LogP contribution is 2.14. The van der Waals surface area contributed by atoms with Gasteiger partial charge in [0.15, 0.2) is 5.65 Å². The Balaban J connectivity index is 2.09. The number of nitrogens with two attached hydrogens (primary N) is 1. The molecule has 2 heterocycles. The van der Waals surface area contributed by atoms with E-state index in [0.29, 0.717) is 22.3 Å². The SMILES string of the molecule is Cn1ncc2c(=O)n(Cc3cc(F)ccc3N)nnc21. The minimum atomic E-state index is -0.419. The van der Waals surface area contributed by atoms with E-state index in [9.17, 15) is 9.18 Å². The van der Waals surface area contributed by atoms with Gasteiger partial charge in [-0.05, 0) is 23.8 Å². The second-order valence-corrected chi connectivity index (χ2v) is 4.40. The monoisotopic (exact) mass is 274 g/mol. The van der Waals surface area contributed by atoms with Gasteiger partial charge < -0.3 is 5.73 Å². The number of nitrogen functional groups attached to an aromatic ring is 1. The zero-order valence-electron chi connectivity index (χ0n) is 10.6. The number of aromatic nitrogens is 5. The van der Waals surface area contributed by atoms with E-state index >= 15 is 0 Å². The van der Waals surface area contributed by atoms with E-state index in [-0.39, 0.29) is 12.1 Å². The maximum Gasteiger partial charge on any atom is 0.281 e. The van der Waals surface area contributed by atoms with Crippen LogP contribution in [0.25, 0.3) is 11.0 Å². The number of hydrogen-bond acceptors (Lipinski definition) is 5. The lowest BCUT2D eigenvalue weighted by Crippen LogP contribution is -2.25. The zero-order valence-corrected chi connectivity index (χ0v) is 10.6. The molecule has 0 saturated heterocycles. The number of nitrogens with zero attached hydrogens (tertiary/aromatic N) is 5. The van der Waals surface area contributed by atoms with E-state index in [1.165, 1.54) is 29.1 Å². The first-order valence-electron chi connectivity index (χ1n) is 5.85. The molecule has 0 radical (unpaired) electrons. The van der Waals surface area contributed by atoms with Crippen LogP contribution in [0.2, 0.25) is 0 Å². The Morgan fingerprint density at radius 3 is 3.00 bits per heavy atom. The topological polar surface area (TPSA) is 91.6 Å². The van der Waals surface area contributed by atoms with Gasteiger partial charge in [-0.2, -0.15) is 5.10 Å². The maximum absolute atomic E-state index is 13.2. The molecule has 20 heavy (non-hydrogen) atoms. The van der Waals surface area contributed by atoms with E-state index in [2.05, 4.69) is 15.4 Å². The predicted molar refractivity (Wildman–Crippen MR) is 70.5 cm³/mol. The number of fused-ring (bicyclic) bond motifs is 1. The van der Waals surface area contributed by atoms with Crippen molar-refractivity contribution in [2.75, 3.05) is 5.73 Å². The molecule has 3 aromatic rings. The molecule has 2 N–H and O–H groups in total. The molecule has 0 atom stereocenters. The van der Waals surface area contributed by atoms with Gasteiger partial charge >= 0.3 is 0 Å². The van der Waals surface area contributed by atoms with Gasteiger partial charge in [0.25, 0.3) is 5.56 Å². The highest BCUT2D eigenvalue weighted by atomic mass is 19.1. The van der Waals surface area contributed by atoms with Crippen LogP contribution in [0.5, 0.6) is 0 Å². The van der Waals surface area contributed by atoms with Crippen LogP contribution < -0.4 is 11.3 Å². The van der Waals surface area contributed by atoms with Crippen LogP contribution in [0.15, 0.2) is 29.2 Å². The van der Waals surface area contributed by atoms with Gasteiger partial charge in [-0.15, -0.1) is 5.10 Å². The number of aryl methyl sites for hydroxylation is 1. The fourth-order valence-electron chi connectivity index (χ4n) is 1.95. The van der Waals surface area contributed by atoms with Crippen molar-refractivity contribution in [3.8, 4) is 0 Å². The number of benzene rings is 1. The molecule has 0 aliphatic heterocycles. The highest BCUT2D eigenvalue weighted by Gasteiger charge is 2.11. The van der Waals surface area contributed by atoms with Crippen molar-refractivity contribution in [2.45, 2.75) is 6.54 Å². The second-order valence-electron chi connectivity index (χ2n) is 4.40. The molecular formula is C12H11FN6O. The predicted octanol–water partition coefficient (Wildman–Crippen LogP) is 0.295. The Kier molecular flexibility index (Phi) is 2.70. The van der Waals surface area contributed by atoms with Crippen molar-refractivity contribution in [2.24, 2.45) is 7.05 Å². The summed E-state index contributed by atoms with van der Waals surface area (Å²) >= 11 is 0. The minimum absolute atomic E-state index is 0.0558. The van der Waals surface area contributed by atoms with Crippen LogP contribution in [0.3, 0.4) is 0 Å². The van der Waals surface area contributed by atoms with E-state index in [4.69, 9.17) is 5.73 Å². The first-order valence-corrected chi connectivity index (χ1v) is 5.85. The fraction of sp³-hybridized carbons (Fsp3) is 0.167. The molecule has 0 unspecified atom stereocenters. The molecule has 102 valence electrons. The molecule has 0 aliphatic carbocycles. The Hall–Kier alpha value is -2.77. The van der Waals surface area contributed by atoms with Gasteiger partial charge in [0.2, 0.25) is 0 Å². The van der Waals surface area contributed by atoms with Crippen LogP contribution in [0.4, 0.5) is 10.1 Å². The summed E-state index contributed by atoms with van der Waals surface area (Å²) in [5.41, 5.74) is 6.69. The van der Waals surface area contributed by atoms with Crippen LogP contribution in [0.1, 0.15) is 5.56 Å². The third-order valence-corrected chi connectivity index (χ3v) is 3.04. The molecule has 7 nitrogen and oxygen atoms in total. The zero-order chi connectivity index (χ0) is 14.3. The molecule has 8 heteroatoms. The van der Waals surface area contributed by atoms with Crippen molar-refractivity contribution >= 4 is 16.7 Å². The summed E-state index contributed by atoms with van der Waals surface area (Å²) in [6.45, 7) is 0.0558. The van der Waals surface area contributed by atoms with Gasteiger partial charge in [-0.3, -0.25) is 4.79 Å². The Bertz CT molecular complexity index is 853. The molecule has 1 aromatic carbocycles. The summed E-state index contributed by atoms with van der Waals surface area (Å²) in [6.07, 6.45) is 1.43. The molecule has 0 aliphatic rings. The molecule has 0 saturated carbocycles. The van der Waals surface area contributed by atoms with Crippen LogP contribution in [0, 0.1) is 5.82 Å². The average molecular weight is 274 g/mol. The molecule has 0 fully saturated rings. The molecule has 0 bridgehead atoms. The maximum atomic E-state index is 13.2. The Morgan fingerprint density at radius 2 is 2.20 bits per heavy atom. The van der Waals surface area contributed by atoms with E-state index < -0.39 is 5.82 Å². The van der Waals surface area contributed by atoms with E-state index in [1.807, 2.05) is 0 Å². The van der Waals surface area contributed by atoms with E-state index in [0.717, 1.165) is 4.68 Å². The molecule has 0 spiro atoms. The summed E-state index contributed by atoms with van der Waals surface area (Å²) < 4.78 is 15.8. The Labute approximate surface area is 112 Å². The number of anilines is 1. The van der Waals surface area contributed by atoms with Gasteiger partial charge in [0.1, 0.15) is 11.2 Å². The summed E-state index contributed by atoms with van der Waals surface area (Å²) in [5, 5.41) is 12.1. The first-order chi connectivity index (χ1) is 9.56. The quantitative estimate of drug-likeness (QED) is 0.678. The summed E-state index contributed by atoms with van der Waals surface area (Å²) in [6, 6.07) is 3.99. The van der Waals surface area contributed by atoms with Gasteiger partial charge in [-0.25, -0.2) is 13.8 Å². The van der Waals surface area contributed by atoms with Crippen molar-refractivity contribution < 1.29 is 4.39 Å². The molecule has 3 rings (SSSR count). The average Bonchev–Trinajstić information content (AvgIpc) is 2.79. The summed E-state index contributed by atoms with van der Waals surface area (Å²) in [5.74, 6) is -0.419. The molecule has 0 amide bonds. The normalized spacial score (nSPS) is 11.1. The molecule has 2 aromatic heterocycles. The van der Waals surface area contributed by atoms with Crippen LogP contribution in [-0.2, 0) is 13.6 Å². The molecular weight excluding hydrogens is 263 g/mol. The largest absolute Gasteiger partial charge is 0.398 e. The summed E-state index contributed by atoms with van der Waals surface area (Å²) in [4.78, 5) is 12.2. The highest BCUT2D eigenvalue weighted by molar-refractivity contribution is 5.72. The number of rotatable bonds is 2. The number of hydrogen-bond donors (Lipinski definition) is 1. The smallest absolute Gasteiger partial charge is 0.281 e. The fourth-order valence-corrected chi connectivity index (χ4v) is 1.95. The van der Waals surface area contributed by atoms with Gasteiger partial charge in [0.05, 0.1) is 12.7 Å². The first kappa shape index (κ1) is 12.3. The van der Waals surface area contributed by atoms with Crippen molar-refractivity contribution in [1.29, 1.82) is 0 Å². The van der Waals surface area contributed by atoms with Crippen LogP contribution in [-0.4, -0.2) is 24.8 Å². The van der Waals surface area contributed by atoms with Crippen molar-refractivity contribution in [3.63, 3.8) is 0 Å². The lowest BCUT2D eigenvalue weighted by Gasteiger charge is -2.06. The minimum Gasteiger partial charge on any atom is -0.398 e. The lowest BCUT2D eigenvalue weighted by molar-refractivity contribution is 0.587. The standard InChI is InChI=1S/C12H11FN6O/c1-18-11-9(5-15-18)12(20)19(17-16-11)6-7-4-8(13)2-3-10(7)14/h2-5H,6,14H2,1H3. The van der Waals surface area contributed by atoms with E-state index in [1.54, 1.807) is 7.05 Å². The number of halogens is 1. The summed E-state index contributed by atoms with van der Waals surface area (Å²) in [7, 11) is 1.67. The third-order valence-electron chi connectivity index (χ3n) is 3.04. The van der Waals surface area contributed by atoms with Crippen molar-refractivity contribution in [1.82, 2.24) is 24.8 Å². The van der Waals surface area contributed by atoms with Gasteiger partial charge in [-0.1, -0.05) is 5.21 Å². The lowest BCUT2D eigenvalue weighted by atomic mass is 10.2. The second kappa shape index (κ2) is 4.41.